The Bertz CT molecular complexity index is 340. The molecule has 0 aliphatic rings. The highest BCUT2D eigenvalue weighted by Crippen LogP contribution is 2.15. The second kappa shape index (κ2) is 7.93. The van der Waals surface area contributed by atoms with Crippen molar-refractivity contribution in [1.82, 2.24) is 4.98 Å². The second-order valence-electron chi connectivity index (χ2n) is 4.32. The highest BCUT2D eigenvalue weighted by molar-refractivity contribution is 5.37. The van der Waals surface area contributed by atoms with E-state index in [0.717, 1.165) is 18.7 Å². The van der Waals surface area contributed by atoms with Crippen molar-refractivity contribution in [3.05, 3.63) is 18.2 Å². The Morgan fingerprint density at radius 2 is 2.00 bits per heavy atom. The number of aliphatic hydroxyl groups excluding tert-OH is 1. The lowest BCUT2D eigenvalue weighted by Gasteiger charge is -2.20. The van der Waals surface area contributed by atoms with Crippen LogP contribution in [0.25, 0.3) is 0 Å². The van der Waals surface area contributed by atoms with E-state index in [1.54, 1.807) is 0 Å². The topological polar surface area (TPSA) is 54.4 Å². The molecule has 0 saturated heterocycles. The van der Waals surface area contributed by atoms with E-state index in [1.807, 2.05) is 25.1 Å². The van der Waals surface area contributed by atoms with Crippen molar-refractivity contribution in [3.63, 3.8) is 0 Å². The maximum absolute atomic E-state index is 10.0. The van der Waals surface area contributed by atoms with E-state index >= 15 is 0 Å². The van der Waals surface area contributed by atoms with Crippen LogP contribution in [-0.2, 0) is 0 Å². The lowest BCUT2D eigenvalue weighted by atomic mass is 9.97. The van der Waals surface area contributed by atoms with Crippen LogP contribution < -0.4 is 10.1 Å². The molecule has 0 aromatic carbocycles. The van der Waals surface area contributed by atoms with Gasteiger partial charge in [-0.2, -0.15) is 4.98 Å². The number of nitrogens with zero attached hydrogens (tertiary/aromatic N) is 1. The molecule has 1 aromatic heterocycles. The summed E-state index contributed by atoms with van der Waals surface area (Å²) in [7, 11) is 0. The predicted molar refractivity (Wildman–Crippen MR) is 74.0 cm³/mol. The Morgan fingerprint density at radius 1 is 1.28 bits per heavy atom. The minimum Gasteiger partial charge on any atom is -0.478 e. The van der Waals surface area contributed by atoms with Crippen molar-refractivity contribution in [1.29, 1.82) is 0 Å². The molecule has 4 heteroatoms. The maximum Gasteiger partial charge on any atom is 0.215 e. The van der Waals surface area contributed by atoms with E-state index < -0.39 is 0 Å². The maximum atomic E-state index is 10.0. The third kappa shape index (κ3) is 4.53. The molecule has 2 N–H and O–H groups in total. The number of nitrogens with one attached hydrogen (secondary N) is 1. The Balaban J connectivity index is 2.49. The van der Waals surface area contributed by atoms with Crippen molar-refractivity contribution in [2.24, 2.45) is 5.92 Å². The van der Waals surface area contributed by atoms with Crippen LogP contribution in [0.15, 0.2) is 18.2 Å². The van der Waals surface area contributed by atoms with Gasteiger partial charge in [0.15, 0.2) is 0 Å². The van der Waals surface area contributed by atoms with Gasteiger partial charge in [0.05, 0.1) is 12.7 Å². The molecule has 0 spiro atoms. The van der Waals surface area contributed by atoms with E-state index in [1.165, 1.54) is 0 Å². The molecule has 1 heterocycles. The molecule has 0 aliphatic heterocycles. The van der Waals surface area contributed by atoms with Crippen molar-refractivity contribution in [2.45, 2.75) is 39.7 Å². The monoisotopic (exact) mass is 252 g/mol. The number of ether oxygens (including phenoxy) is 1. The molecule has 102 valence electrons. The van der Waals surface area contributed by atoms with Gasteiger partial charge >= 0.3 is 0 Å². The van der Waals surface area contributed by atoms with E-state index in [2.05, 4.69) is 24.1 Å². The summed E-state index contributed by atoms with van der Waals surface area (Å²) in [6.07, 6.45) is 1.65. The predicted octanol–water partition coefficient (Wildman–Crippen LogP) is 2.69. The standard InChI is InChI=1S/C14H24N2O2/c1-4-11(5-2)12(17)10-15-13-8-7-9-14(16-13)18-6-3/h7-9,11-12,17H,4-6,10H2,1-3H3,(H,15,16). The van der Waals surface area contributed by atoms with Crippen molar-refractivity contribution >= 4 is 5.82 Å². The summed E-state index contributed by atoms with van der Waals surface area (Å²) in [5, 5.41) is 13.2. The molecule has 1 atom stereocenters. The minimum atomic E-state index is -0.336. The van der Waals surface area contributed by atoms with Gasteiger partial charge in [-0.05, 0) is 18.9 Å². The molecule has 1 rings (SSSR count). The Labute approximate surface area is 109 Å². The lowest BCUT2D eigenvalue weighted by molar-refractivity contribution is 0.114. The van der Waals surface area contributed by atoms with Gasteiger partial charge in [-0.15, -0.1) is 0 Å². The van der Waals surface area contributed by atoms with Crippen LogP contribution in [0.3, 0.4) is 0 Å². The van der Waals surface area contributed by atoms with Crippen LogP contribution in [0, 0.1) is 5.92 Å². The molecule has 0 radical (unpaired) electrons. The smallest absolute Gasteiger partial charge is 0.215 e. The average Bonchev–Trinajstić information content (AvgIpc) is 2.39. The highest BCUT2D eigenvalue weighted by atomic mass is 16.5. The third-order valence-corrected chi connectivity index (χ3v) is 3.10. The zero-order valence-corrected chi connectivity index (χ0v) is 11.5. The first kappa shape index (κ1) is 14.8. The molecular weight excluding hydrogens is 228 g/mol. The van der Waals surface area contributed by atoms with Crippen LogP contribution in [0.4, 0.5) is 5.82 Å². The summed E-state index contributed by atoms with van der Waals surface area (Å²) < 4.78 is 5.33. The van der Waals surface area contributed by atoms with E-state index in [9.17, 15) is 5.11 Å². The minimum absolute atomic E-state index is 0.336. The fraction of sp³-hybridized carbons (Fsp3) is 0.643. The fourth-order valence-electron chi connectivity index (χ4n) is 1.95. The largest absolute Gasteiger partial charge is 0.478 e. The molecule has 0 bridgehead atoms. The number of hydrogen-bond donors (Lipinski definition) is 2. The first-order valence-corrected chi connectivity index (χ1v) is 6.73. The lowest BCUT2D eigenvalue weighted by Crippen LogP contribution is -2.27. The van der Waals surface area contributed by atoms with Gasteiger partial charge in [-0.25, -0.2) is 0 Å². The molecular formula is C14H24N2O2. The summed E-state index contributed by atoms with van der Waals surface area (Å²) >= 11 is 0. The summed E-state index contributed by atoms with van der Waals surface area (Å²) in [5.74, 6) is 1.69. The van der Waals surface area contributed by atoms with Gasteiger partial charge in [0.2, 0.25) is 5.88 Å². The van der Waals surface area contributed by atoms with Gasteiger partial charge in [0.25, 0.3) is 0 Å². The van der Waals surface area contributed by atoms with E-state index in [4.69, 9.17) is 4.74 Å². The van der Waals surface area contributed by atoms with Gasteiger partial charge in [0, 0.05) is 12.6 Å². The van der Waals surface area contributed by atoms with E-state index in [-0.39, 0.29) is 6.10 Å². The first-order valence-electron chi connectivity index (χ1n) is 6.73. The zero-order valence-electron chi connectivity index (χ0n) is 11.5. The number of pyridine rings is 1. The van der Waals surface area contributed by atoms with Crippen LogP contribution >= 0.6 is 0 Å². The number of aromatic nitrogens is 1. The third-order valence-electron chi connectivity index (χ3n) is 3.10. The molecule has 1 unspecified atom stereocenters. The summed E-state index contributed by atoms with van der Waals surface area (Å²) in [5.41, 5.74) is 0. The molecule has 4 nitrogen and oxygen atoms in total. The van der Waals surface area contributed by atoms with E-state index in [0.29, 0.717) is 24.9 Å². The molecule has 0 amide bonds. The highest BCUT2D eigenvalue weighted by Gasteiger charge is 2.15. The second-order valence-corrected chi connectivity index (χ2v) is 4.32. The Morgan fingerprint density at radius 3 is 2.61 bits per heavy atom. The number of rotatable bonds is 8. The summed E-state index contributed by atoms with van der Waals surface area (Å²) in [4.78, 5) is 4.30. The Hall–Kier alpha value is -1.29. The van der Waals surface area contributed by atoms with Gasteiger partial charge in [0.1, 0.15) is 5.82 Å². The van der Waals surface area contributed by atoms with Crippen molar-refractivity contribution in [2.75, 3.05) is 18.5 Å². The molecule has 0 aliphatic carbocycles. The van der Waals surface area contributed by atoms with Gasteiger partial charge in [-0.3, -0.25) is 0 Å². The normalized spacial score (nSPS) is 12.5. The summed E-state index contributed by atoms with van der Waals surface area (Å²) in [6, 6.07) is 5.60. The SMILES string of the molecule is CCOc1cccc(NCC(O)C(CC)CC)n1. The van der Waals surface area contributed by atoms with Crippen LogP contribution in [0.2, 0.25) is 0 Å². The number of aliphatic hydroxyl groups is 1. The van der Waals surface area contributed by atoms with Crippen molar-refractivity contribution in [3.8, 4) is 5.88 Å². The zero-order chi connectivity index (χ0) is 13.4. The van der Waals surface area contributed by atoms with Crippen LogP contribution in [-0.4, -0.2) is 29.3 Å². The Kier molecular flexibility index (Phi) is 6.50. The summed E-state index contributed by atoms with van der Waals surface area (Å²) in [6.45, 7) is 7.26. The molecule has 1 aromatic rings. The van der Waals surface area contributed by atoms with Gasteiger partial charge < -0.3 is 15.2 Å². The molecule has 0 fully saturated rings. The van der Waals surface area contributed by atoms with Crippen LogP contribution in [0.5, 0.6) is 5.88 Å². The van der Waals surface area contributed by atoms with Crippen molar-refractivity contribution < 1.29 is 9.84 Å². The quantitative estimate of drug-likeness (QED) is 0.747. The van der Waals surface area contributed by atoms with Crippen LogP contribution in [0.1, 0.15) is 33.6 Å². The number of anilines is 1. The fourth-order valence-corrected chi connectivity index (χ4v) is 1.95. The molecule has 18 heavy (non-hydrogen) atoms. The molecule has 0 saturated carbocycles. The number of hydrogen-bond acceptors (Lipinski definition) is 4. The first-order chi connectivity index (χ1) is 8.71. The average molecular weight is 252 g/mol. The van der Waals surface area contributed by atoms with Gasteiger partial charge in [-0.1, -0.05) is 32.8 Å².